The van der Waals surface area contributed by atoms with Crippen LogP contribution in [0, 0.1) is 5.92 Å². The molecule has 1 aromatic carbocycles. The lowest BCUT2D eigenvalue weighted by molar-refractivity contribution is -0.131. The molecule has 2 unspecified atom stereocenters. The van der Waals surface area contributed by atoms with E-state index in [0.717, 1.165) is 5.57 Å². The number of ketones is 1. The Morgan fingerprint density at radius 2 is 1.50 bits per heavy atom. The molecule has 0 radical (unpaired) electrons. The fourth-order valence-corrected chi connectivity index (χ4v) is 2.57. The molecule has 24 heavy (non-hydrogen) atoms. The monoisotopic (exact) mass is 331 g/mol. The van der Waals surface area contributed by atoms with E-state index in [1.165, 1.54) is 0 Å². The van der Waals surface area contributed by atoms with Crippen molar-refractivity contribution < 1.29 is 14.3 Å². The van der Waals surface area contributed by atoms with Crippen molar-refractivity contribution in [2.75, 3.05) is 0 Å². The smallest absolute Gasteiger partial charge is 0.411 e. The summed E-state index contributed by atoms with van der Waals surface area (Å²) in [7, 11) is 0. The zero-order valence-corrected chi connectivity index (χ0v) is 15.6. The Bertz CT molecular complexity index is 570. The number of rotatable bonds is 7. The van der Waals surface area contributed by atoms with Gasteiger partial charge in [-0.15, -0.1) is 0 Å². The predicted molar refractivity (Wildman–Crippen MR) is 96.8 cm³/mol. The lowest BCUT2D eigenvalue weighted by Gasteiger charge is -2.32. The number of ether oxygens (including phenoxy) is 1. The second-order valence-corrected chi connectivity index (χ2v) is 6.74. The van der Waals surface area contributed by atoms with Crippen LogP contribution in [0.3, 0.4) is 0 Å². The Kier molecular flexibility index (Phi) is 7.20. The highest BCUT2D eigenvalue weighted by molar-refractivity contribution is 5.90. The zero-order valence-electron chi connectivity index (χ0n) is 15.6. The highest BCUT2D eigenvalue weighted by Gasteiger charge is 2.32. The largest absolute Gasteiger partial charge is 0.433 e. The van der Waals surface area contributed by atoms with Gasteiger partial charge in [-0.25, -0.2) is 4.79 Å². The maximum Gasteiger partial charge on any atom is 0.411 e. The second kappa shape index (κ2) is 8.67. The zero-order chi connectivity index (χ0) is 18.4. The Balaban J connectivity index is 3.13. The minimum atomic E-state index is -0.926. The maximum absolute atomic E-state index is 12.8. The molecule has 0 bridgehead atoms. The molecule has 0 saturated carbocycles. The van der Waals surface area contributed by atoms with Gasteiger partial charge in [0.25, 0.3) is 0 Å². The lowest BCUT2D eigenvalue weighted by Crippen LogP contribution is -2.43. The van der Waals surface area contributed by atoms with Crippen LogP contribution < -0.4 is 0 Å². The molecule has 1 amide bonds. The quantitative estimate of drug-likeness (QED) is 0.676. The standard InChI is InChI=1S/C20H29NO3/c1-13(2)16(7)18(22)19(17-11-9-8-10-12-17)24-20(23)21(14(3)4)15(5)6/h8-12,14-16,19H,1H2,2-7H3. The number of nitrogens with zero attached hydrogens (tertiary/aromatic N) is 1. The van der Waals surface area contributed by atoms with E-state index in [1.807, 2.05) is 45.9 Å². The molecule has 0 fully saturated rings. The molecule has 0 aliphatic rings. The second-order valence-electron chi connectivity index (χ2n) is 6.74. The first-order chi connectivity index (χ1) is 11.2. The topological polar surface area (TPSA) is 46.6 Å². The van der Waals surface area contributed by atoms with Crippen molar-refractivity contribution in [3.63, 3.8) is 0 Å². The third-order valence-corrected chi connectivity index (χ3v) is 4.07. The molecule has 132 valence electrons. The number of Topliss-reactive ketones (excluding diaryl/α,β-unsaturated/α-hetero) is 1. The highest BCUT2D eigenvalue weighted by atomic mass is 16.6. The van der Waals surface area contributed by atoms with Crippen LogP contribution in [-0.4, -0.2) is 28.9 Å². The Hall–Kier alpha value is -2.10. The first-order valence-electron chi connectivity index (χ1n) is 8.39. The molecular formula is C20H29NO3. The van der Waals surface area contributed by atoms with Gasteiger partial charge in [0, 0.05) is 23.6 Å². The molecule has 1 aromatic rings. The van der Waals surface area contributed by atoms with E-state index >= 15 is 0 Å². The molecule has 1 rings (SSSR count). The van der Waals surface area contributed by atoms with E-state index in [9.17, 15) is 9.59 Å². The number of benzene rings is 1. The van der Waals surface area contributed by atoms with Crippen LogP contribution in [0.2, 0.25) is 0 Å². The van der Waals surface area contributed by atoms with Gasteiger partial charge in [0.05, 0.1) is 0 Å². The van der Waals surface area contributed by atoms with Crippen LogP contribution >= 0.6 is 0 Å². The molecule has 4 nitrogen and oxygen atoms in total. The number of allylic oxidation sites excluding steroid dienone is 1. The van der Waals surface area contributed by atoms with Gasteiger partial charge in [-0.1, -0.05) is 49.4 Å². The molecule has 0 heterocycles. The summed E-state index contributed by atoms with van der Waals surface area (Å²) in [5, 5.41) is 0. The first-order valence-corrected chi connectivity index (χ1v) is 8.39. The summed E-state index contributed by atoms with van der Waals surface area (Å²) in [6.07, 6.45) is -1.40. The van der Waals surface area contributed by atoms with E-state index < -0.39 is 12.2 Å². The van der Waals surface area contributed by atoms with Crippen molar-refractivity contribution in [2.45, 2.75) is 59.7 Å². The van der Waals surface area contributed by atoms with Gasteiger partial charge < -0.3 is 9.64 Å². The SMILES string of the molecule is C=C(C)C(C)C(=O)C(OC(=O)N(C(C)C)C(C)C)c1ccccc1. The Labute approximate surface area is 145 Å². The fourth-order valence-electron chi connectivity index (χ4n) is 2.57. The third-order valence-electron chi connectivity index (χ3n) is 4.07. The Morgan fingerprint density at radius 1 is 1.00 bits per heavy atom. The molecule has 0 aromatic heterocycles. The van der Waals surface area contributed by atoms with Crippen LogP contribution in [0.1, 0.15) is 53.2 Å². The minimum absolute atomic E-state index is 0.0115. The van der Waals surface area contributed by atoms with Crippen molar-refractivity contribution in [1.29, 1.82) is 0 Å². The Morgan fingerprint density at radius 3 is 1.92 bits per heavy atom. The molecular weight excluding hydrogens is 302 g/mol. The average molecular weight is 331 g/mol. The van der Waals surface area contributed by atoms with E-state index in [1.54, 1.807) is 30.9 Å². The van der Waals surface area contributed by atoms with E-state index in [-0.39, 0.29) is 23.8 Å². The molecule has 0 aliphatic carbocycles. The summed E-state index contributed by atoms with van der Waals surface area (Å²) < 4.78 is 5.65. The van der Waals surface area contributed by atoms with Gasteiger partial charge in [0.15, 0.2) is 11.9 Å². The van der Waals surface area contributed by atoms with Gasteiger partial charge in [0.1, 0.15) is 0 Å². The molecule has 4 heteroatoms. The third kappa shape index (κ3) is 4.95. The van der Waals surface area contributed by atoms with E-state index in [2.05, 4.69) is 6.58 Å². The maximum atomic E-state index is 12.8. The molecule has 2 atom stereocenters. The highest BCUT2D eigenvalue weighted by Crippen LogP contribution is 2.26. The summed E-state index contributed by atoms with van der Waals surface area (Å²) in [4.78, 5) is 27.1. The number of amides is 1. The van der Waals surface area contributed by atoms with Crippen molar-refractivity contribution in [1.82, 2.24) is 4.90 Å². The first kappa shape index (κ1) is 19.9. The van der Waals surface area contributed by atoms with E-state index in [4.69, 9.17) is 4.74 Å². The number of carbonyl (C=O) groups is 2. The molecule has 0 N–H and O–H groups in total. The van der Waals surface area contributed by atoms with Crippen LogP contribution in [0.15, 0.2) is 42.5 Å². The number of hydrogen-bond acceptors (Lipinski definition) is 3. The van der Waals surface area contributed by atoms with E-state index in [0.29, 0.717) is 5.56 Å². The summed E-state index contributed by atoms with van der Waals surface area (Å²) in [6.45, 7) is 15.2. The lowest BCUT2D eigenvalue weighted by atomic mass is 9.92. The van der Waals surface area contributed by atoms with Crippen molar-refractivity contribution in [3.8, 4) is 0 Å². The minimum Gasteiger partial charge on any atom is -0.433 e. The summed E-state index contributed by atoms with van der Waals surface area (Å²) in [5.41, 5.74) is 1.43. The summed E-state index contributed by atoms with van der Waals surface area (Å²) in [5.74, 6) is -0.538. The van der Waals surface area contributed by atoms with Crippen molar-refractivity contribution in [2.24, 2.45) is 5.92 Å². The van der Waals surface area contributed by atoms with Gasteiger partial charge >= 0.3 is 6.09 Å². The van der Waals surface area contributed by atoms with Crippen LogP contribution in [0.4, 0.5) is 4.79 Å². The molecule has 0 saturated heterocycles. The normalized spacial score (nSPS) is 13.5. The predicted octanol–water partition coefficient (Wildman–Crippen LogP) is 4.76. The van der Waals surface area contributed by atoms with Crippen LogP contribution in [-0.2, 0) is 9.53 Å². The van der Waals surface area contributed by atoms with Crippen LogP contribution in [0.25, 0.3) is 0 Å². The fraction of sp³-hybridized carbons (Fsp3) is 0.500. The summed E-state index contributed by atoms with van der Waals surface area (Å²) in [6, 6.07) is 9.11. The van der Waals surface area contributed by atoms with Gasteiger partial charge in [-0.05, 0) is 34.6 Å². The average Bonchev–Trinajstić information content (AvgIpc) is 2.51. The van der Waals surface area contributed by atoms with Gasteiger partial charge in [0.2, 0.25) is 0 Å². The van der Waals surface area contributed by atoms with Crippen molar-refractivity contribution >= 4 is 11.9 Å². The van der Waals surface area contributed by atoms with Crippen molar-refractivity contribution in [3.05, 3.63) is 48.0 Å². The molecule has 0 spiro atoms. The number of carbonyl (C=O) groups excluding carboxylic acids is 2. The van der Waals surface area contributed by atoms with Crippen LogP contribution in [0.5, 0.6) is 0 Å². The van der Waals surface area contributed by atoms with Gasteiger partial charge in [-0.3, -0.25) is 4.79 Å². The molecule has 0 aliphatic heterocycles. The number of hydrogen-bond donors (Lipinski definition) is 0. The van der Waals surface area contributed by atoms with Gasteiger partial charge in [-0.2, -0.15) is 0 Å². The summed E-state index contributed by atoms with van der Waals surface area (Å²) >= 11 is 0.